The number of nitrogens with zero attached hydrogens (tertiary/aromatic N) is 2. The molecule has 4 aliphatic rings. The first-order valence-corrected chi connectivity index (χ1v) is 16.7. The van der Waals surface area contributed by atoms with E-state index in [1.165, 1.54) is 32.1 Å². The molecular weight excluding hydrogens is 539 g/mol. The molecule has 2 aromatic carbocycles. The molecule has 0 bridgehead atoms. The number of benzene rings is 2. The van der Waals surface area contributed by atoms with Crippen molar-refractivity contribution in [3.8, 4) is 11.8 Å². The number of aliphatic hydroxyl groups is 1. The highest BCUT2D eigenvalue weighted by Gasteiger charge is 2.59. The van der Waals surface area contributed by atoms with E-state index in [0.717, 1.165) is 56.2 Å². The maximum absolute atomic E-state index is 16.1. The smallest absolute Gasteiger partial charge is 0.253 e. The fourth-order valence-corrected chi connectivity index (χ4v) is 9.57. The number of aliphatic hydroxyl groups excluding tert-OH is 1. The molecule has 230 valence electrons. The molecule has 4 aliphatic carbocycles. The topological polar surface area (TPSA) is 84.6 Å². The van der Waals surface area contributed by atoms with E-state index in [0.29, 0.717) is 35.9 Å². The van der Waals surface area contributed by atoms with E-state index in [-0.39, 0.29) is 34.8 Å². The van der Waals surface area contributed by atoms with Gasteiger partial charge in [-0.2, -0.15) is 5.26 Å². The number of phenolic OH excluding ortho intramolecular Hbond substituents is 1. The highest BCUT2D eigenvalue weighted by molar-refractivity contribution is 5.94. The summed E-state index contributed by atoms with van der Waals surface area (Å²) in [7, 11) is 0. The minimum Gasteiger partial charge on any atom is -0.508 e. The minimum atomic E-state index is -0.999. The Morgan fingerprint density at radius 1 is 1.07 bits per heavy atom. The normalized spacial score (nSPS) is 31.9. The lowest BCUT2D eigenvalue weighted by molar-refractivity contribution is -0.0722. The van der Waals surface area contributed by atoms with E-state index in [9.17, 15) is 20.3 Å². The second kappa shape index (κ2) is 12.6. The van der Waals surface area contributed by atoms with Gasteiger partial charge >= 0.3 is 0 Å². The summed E-state index contributed by atoms with van der Waals surface area (Å²) in [5.41, 5.74) is 2.95. The number of amides is 1. The van der Waals surface area contributed by atoms with Crippen LogP contribution in [0.1, 0.15) is 111 Å². The van der Waals surface area contributed by atoms with Crippen LogP contribution in [0.5, 0.6) is 5.75 Å². The predicted molar refractivity (Wildman–Crippen MR) is 165 cm³/mol. The molecule has 0 heterocycles. The van der Waals surface area contributed by atoms with Gasteiger partial charge in [-0.15, -0.1) is 0 Å². The Morgan fingerprint density at radius 3 is 2.58 bits per heavy atom. The predicted octanol–water partition coefficient (Wildman–Crippen LogP) is 7.55. The Hall–Kier alpha value is -2.91. The van der Waals surface area contributed by atoms with Crippen LogP contribution in [0.4, 0.5) is 4.39 Å². The Bertz CT molecular complexity index is 1330. The SMILES string of the molecule is C[C@]12CC(F)C3c4ccc(O)cc4CC(CCCCN(CC4CCCCC4)C(=O)c4ccc(C#N)cc4)C3C1CCC2O. The fourth-order valence-electron chi connectivity index (χ4n) is 9.57. The number of alkyl halides is 1. The molecule has 2 N–H and O–H groups in total. The summed E-state index contributed by atoms with van der Waals surface area (Å²) in [6.45, 7) is 3.58. The van der Waals surface area contributed by atoms with Crippen molar-refractivity contribution in [1.82, 2.24) is 4.90 Å². The Balaban J connectivity index is 1.17. The van der Waals surface area contributed by atoms with Gasteiger partial charge in [0.05, 0.1) is 17.7 Å². The molecule has 0 aromatic heterocycles. The molecule has 1 amide bonds. The molecule has 0 radical (unpaired) electrons. The fraction of sp³-hybridized carbons (Fsp3) is 0.622. The van der Waals surface area contributed by atoms with Crippen LogP contribution in [-0.4, -0.2) is 46.4 Å². The van der Waals surface area contributed by atoms with E-state index in [2.05, 4.69) is 13.0 Å². The lowest BCUT2D eigenvalue weighted by Crippen LogP contribution is -2.51. The highest BCUT2D eigenvalue weighted by Crippen LogP contribution is 2.63. The molecule has 6 heteroatoms. The number of hydrogen-bond acceptors (Lipinski definition) is 4. The highest BCUT2D eigenvalue weighted by atomic mass is 19.1. The number of nitriles is 1. The van der Waals surface area contributed by atoms with Crippen molar-refractivity contribution < 1.29 is 19.4 Å². The number of unbranched alkanes of at least 4 members (excludes halogenated alkanes) is 1. The first-order valence-electron chi connectivity index (χ1n) is 16.7. The van der Waals surface area contributed by atoms with Crippen LogP contribution in [0.2, 0.25) is 0 Å². The van der Waals surface area contributed by atoms with Crippen LogP contribution in [0.3, 0.4) is 0 Å². The van der Waals surface area contributed by atoms with E-state index in [1.807, 2.05) is 17.0 Å². The van der Waals surface area contributed by atoms with E-state index >= 15 is 4.39 Å². The maximum atomic E-state index is 16.1. The zero-order valence-corrected chi connectivity index (χ0v) is 25.6. The zero-order chi connectivity index (χ0) is 30.1. The van der Waals surface area contributed by atoms with Crippen molar-refractivity contribution in [3.63, 3.8) is 0 Å². The molecule has 6 rings (SSSR count). The average Bonchev–Trinajstić information content (AvgIpc) is 3.31. The summed E-state index contributed by atoms with van der Waals surface area (Å²) in [6, 6.07) is 14.6. The molecule has 7 atom stereocenters. The van der Waals surface area contributed by atoms with Gasteiger partial charge in [0.1, 0.15) is 11.9 Å². The van der Waals surface area contributed by atoms with E-state index in [1.54, 1.807) is 30.3 Å². The Labute approximate surface area is 256 Å². The summed E-state index contributed by atoms with van der Waals surface area (Å²) in [5.74, 6) is 1.40. The first kappa shape index (κ1) is 30.1. The molecule has 3 saturated carbocycles. The standard InChI is InChI=1S/C37H47FN2O3/c1-37-21-32(38)35-30-15-14-29(41)20-28(30)19-27(34(35)31(37)16-17-33(37)42)9-5-6-18-40(23-25-7-3-2-4-8-25)36(43)26-12-10-24(22-39)11-13-26/h10-15,20,25,27,31-35,41-42H,2-9,16-19,21,23H2,1H3/t27?,31?,32?,33?,34?,35?,37-/m0/s1. The summed E-state index contributed by atoms with van der Waals surface area (Å²) in [6.07, 6.45) is 10.4. The monoisotopic (exact) mass is 586 g/mol. The second-order valence-electron chi connectivity index (χ2n) is 14.3. The molecule has 5 nitrogen and oxygen atoms in total. The Morgan fingerprint density at radius 2 is 1.84 bits per heavy atom. The van der Waals surface area contributed by atoms with E-state index < -0.39 is 12.3 Å². The third kappa shape index (κ3) is 5.95. The van der Waals surface area contributed by atoms with E-state index in [4.69, 9.17) is 0 Å². The van der Waals surface area contributed by atoms with Crippen molar-refractivity contribution in [3.05, 3.63) is 64.7 Å². The van der Waals surface area contributed by atoms with Gasteiger partial charge < -0.3 is 15.1 Å². The van der Waals surface area contributed by atoms with Gasteiger partial charge in [-0.3, -0.25) is 4.79 Å². The van der Waals surface area contributed by atoms with Crippen molar-refractivity contribution in [2.45, 2.75) is 102 Å². The number of rotatable bonds is 8. The molecule has 43 heavy (non-hydrogen) atoms. The van der Waals surface area contributed by atoms with Crippen LogP contribution in [0, 0.1) is 40.4 Å². The van der Waals surface area contributed by atoms with Gasteiger partial charge in [0.15, 0.2) is 0 Å². The van der Waals surface area contributed by atoms with Gasteiger partial charge in [0, 0.05) is 24.6 Å². The number of halogens is 1. The Kier molecular flexibility index (Phi) is 8.83. The van der Waals surface area contributed by atoms with Crippen molar-refractivity contribution in [2.24, 2.45) is 29.1 Å². The summed E-state index contributed by atoms with van der Waals surface area (Å²) >= 11 is 0. The summed E-state index contributed by atoms with van der Waals surface area (Å²) in [5, 5.41) is 30.4. The van der Waals surface area contributed by atoms with Gasteiger partial charge in [0.25, 0.3) is 5.91 Å². The van der Waals surface area contributed by atoms with Crippen LogP contribution < -0.4 is 0 Å². The molecule has 3 fully saturated rings. The number of phenols is 1. The van der Waals surface area contributed by atoms with Gasteiger partial charge in [-0.25, -0.2) is 4.39 Å². The molecular formula is C37H47FN2O3. The maximum Gasteiger partial charge on any atom is 0.253 e. The zero-order valence-electron chi connectivity index (χ0n) is 25.6. The third-order valence-corrected chi connectivity index (χ3v) is 11.8. The van der Waals surface area contributed by atoms with Crippen LogP contribution in [0.15, 0.2) is 42.5 Å². The minimum absolute atomic E-state index is 0.0421. The van der Waals surface area contributed by atoms with Crippen molar-refractivity contribution in [1.29, 1.82) is 5.26 Å². The number of carbonyl (C=O) groups excluding carboxylic acids is 1. The van der Waals surface area contributed by atoms with Crippen LogP contribution in [0.25, 0.3) is 0 Å². The summed E-state index contributed by atoms with van der Waals surface area (Å²) in [4.78, 5) is 15.7. The quantitative estimate of drug-likeness (QED) is 0.313. The lowest BCUT2D eigenvalue weighted by Gasteiger charge is -2.54. The number of carbonyl (C=O) groups is 1. The molecule has 6 unspecified atom stereocenters. The molecule has 0 aliphatic heterocycles. The van der Waals surface area contributed by atoms with Gasteiger partial charge in [-0.1, -0.05) is 38.7 Å². The largest absolute Gasteiger partial charge is 0.508 e. The number of aromatic hydroxyl groups is 1. The number of fused-ring (bicyclic) bond motifs is 5. The average molecular weight is 587 g/mol. The van der Waals surface area contributed by atoms with Gasteiger partial charge in [0.2, 0.25) is 0 Å². The lowest BCUT2D eigenvalue weighted by atomic mass is 9.51. The number of hydrogen-bond donors (Lipinski definition) is 2. The third-order valence-electron chi connectivity index (χ3n) is 11.8. The van der Waals surface area contributed by atoms with Crippen molar-refractivity contribution >= 4 is 5.91 Å². The molecule has 0 spiro atoms. The van der Waals surface area contributed by atoms with Gasteiger partial charge in [-0.05, 0) is 128 Å². The molecule has 2 aromatic rings. The van der Waals surface area contributed by atoms with Crippen LogP contribution in [-0.2, 0) is 6.42 Å². The first-order chi connectivity index (χ1) is 20.8. The van der Waals surface area contributed by atoms with Crippen LogP contribution >= 0.6 is 0 Å². The summed E-state index contributed by atoms with van der Waals surface area (Å²) < 4.78 is 16.1. The van der Waals surface area contributed by atoms with Crippen molar-refractivity contribution in [2.75, 3.05) is 13.1 Å². The second-order valence-corrected chi connectivity index (χ2v) is 14.3. The molecule has 0 saturated heterocycles.